The summed E-state index contributed by atoms with van der Waals surface area (Å²) in [6.45, 7) is 1.91. The van der Waals surface area contributed by atoms with Crippen LogP contribution in [-0.4, -0.2) is 35.2 Å². The maximum atomic E-state index is 12.1. The van der Waals surface area contributed by atoms with E-state index in [0.29, 0.717) is 5.56 Å². The minimum Gasteiger partial charge on any atom is -0.348 e. The molecule has 5 nitrogen and oxygen atoms in total. The Balaban J connectivity index is 1.74. The van der Waals surface area contributed by atoms with Crippen LogP contribution in [0.5, 0.6) is 0 Å². The second-order valence-electron chi connectivity index (χ2n) is 4.69. The number of nitrogens with one attached hydrogen (secondary N) is 3. The van der Waals surface area contributed by atoms with Gasteiger partial charge in [-0.3, -0.25) is 9.89 Å². The number of rotatable bonds is 2. The summed E-state index contributed by atoms with van der Waals surface area (Å²) in [5.74, 6) is -0.0137. The number of carbonyl (C=O) groups excluding carboxylic acids is 1. The summed E-state index contributed by atoms with van der Waals surface area (Å²) in [7, 11) is 0. The molecule has 3 N–H and O–H groups in total. The quantitative estimate of drug-likeness (QED) is 0.739. The van der Waals surface area contributed by atoms with Gasteiger partial charge in [0.25, 0.3) is 5.91 Å². The summed E-state index contributed by atoms with van der Waals surface area (Å²) in [6.07, 6.45) is 3.91. The first-order valence-electron chi connectivity index (χ1n) is 6.27. The first-order chi connectivity index (χ1) is 8.83. The SMILES string of the molecule is O=C(N[C@H]1CCCNC1)c1ccc2cn[nH]c2c1. The molecule has 2 heterocycles. The van der Waals surface area contributed by atoms with Gasteiger partial charge >= 0.3 is 0 Å². The van der Waals surface area contributed by atoms with Crippen molar-refractivity contribution in [3.63, 3.8) is 0 Å². The Morgan fingerprint density at radius 2 is 2.39 bits per heavy atom. The Morgan fingerprint density at radius 3 is 3.22 bits per heavy atom. The van der Waals surface area contributed by atoms with Gasteiger partial charge in [0.1, 0.15) is 0 Å². The number of piperidine rings is 1. The van der Waals surface area contributed by atoms with Crippen LogP contribution in [0.15, 0.2) is 24.4 Å². The topological polar surface area (TPSA) is 69.8 Å². The van der Waals surface area contributed by atoms with Gasteiger partial charge in [0.05, 0.1) is 11.7 Å². The summed E-state index contributed by atoms with van der Waals surface area (Å²) in [6, 6.07) is 5.83. The molecule has 1 aliphatic rings. The molecular formula is C13H16N4O. The average molecular weight is 244 g/mol. The lowest BCUT2D eigenvalue weighted by molar-refractivity contribution is 0.0931. The molecule has 0 spiro atoms. The van der Waals surface area contributed by atoms with Crippen LogP contribution in [0.3, 0.4) is 0 Å². The maximum absolute atomic E-state index is 12.1. The molecule has 3 rings (SSSR count). The van der Waals surface area contributed by atoms with Crippen molar-refractivity contribution in [2.24, 2.45) is 0 Å². The van der Waals surface area contributed by atoms with Crippen LogP contribution in [0, 0.1) is 0 Å². The third kappa shape index (κ3) is 2.22. The number of amides is 1. The monoisotopic (exact) mass is 244 g/mol. The number of nitrogens with zero attached hydrogens (tertiary/aromatic N) is 1. The molecule has 5 heteroatoms. The predicted octanol–water partition coefficient (Wildman–Crippen LogP) is 1.04. The molecule has 2 aromatic rings. The summed E-state index contributed by atoms with van der Waals surface area (Å²) in [5, 5.41) is 14.2. The highest BCUT2D eigenvalue weighted by Crippen LogP contribution is 2.13. The molecule has 0 saturated carbocycles. The Bertz CT molecular complexity index is 557. The van der Waals surface area contributed by atoms with E-state index in [4.69, 9.17) is 0 Å². The zero-order valence-corrected chi connectivity index (χ0v) is 10.1. The van der Waals surface area contributed by atoms with Gasteiger partial charge in [-0.1, -0.05) is 6.07 Å². The van der Waals surface area contributed by atoms with E-state index >= 15 is 0 Å². The Hall–Kier alpha value is -1.88. The molecule has 1 fully saturated rings. The lowest BCUT2D eigenvalue weighted by Gasteiger charge is -2.23. The lowest BCUT2D eigenvalue weighted by Crippen LogP contribution is -2.45. The van der Waals surface area contributed by atoms with E-state index in [0.717, 1.165) is 36.8 Å². The van der Waals surface area contributed by atoms with Gasteiger partial charge in [-0.25, -0.2) is 0 Å². The summed E-state index contributed by atoms with van der Waals surface area (Å²) in [5.41, 5.74) is 1.57. The van der Waals surface area contributed by atoms with Crippen molar-refractivity contribution in [1.29, 1.82) is 0 Å². The first kappa shape index (κ1) is 11.2. The van der Waals surface area contributed by atoms with Crippen molar-refractivity contribution in [1.82, 2.24) is 20.8 Å². The first-order valence-corrected chi connectivity index (χ1v) is 6.27. The van der Waals surface area contributed by atoms with Crippen molar-refractivity contribution in [2.45, 2.75) is 18.9 Å². The highest BCUT2D eigenvalue weighted by atomic mass is 16.1. The third-order valence-corrected chi connectivity index (χ3v) is 3.34. The number of hydrogen-bond donors (Lipinski definition) is 3. The largest absolute Gasteiger partial charge is 0.348 e. The molecule has 1 aromatic carbocycles. The van der Waals surface area contributed by atoms with E-state index < -0.39 is 0 Å². The van der Waals surface area contributed by atoms with E-state index in [-0.39, 0.29) is 11.9 Å². The highest BCUT2D eigenvalue weighted by Gasteiger charge is 2.16. The fraction of sp³-hybridized carbons (Fsp3) is 0.385. The van der Waals surface area contributed by atoms with Gasteiger partial charge in [-0.05, 0) is 31.5 Å². The zero-order valence-electron chi connectivity index (χ0n) is 10.1. The number of H-pyrrole nitrogens is 1. The van der Waals surface area contributed by atoms with Gasteiger partial charge in [0.2, 0.25) is 0 Å². The normalized spacial score (nSPS) is 19.9. The number of carbonyl (C=O) groups is 1. The van der Waals surface area contributed by atoms with Crippen LogP contribution in [0.2, 0.25) is 0 Å². The Morgan fingerprint density at radius 1 is 1.44 bits per heavy atom. The molecule has 1 aliphatic heterocycles. The fourth-order valence-corrected chi connectivity index (χ4v) is 2.32. The molecule has 1 amide bonds. The number of aromatic amines is 1. The molecule has 1 atom stereocenters. The predicted molar refractivity (Wildman–Crippen MR) is 69.5 cm³/mol. The zero-order chi connectivity index (χ0) is 12.4. The van der Waals surface area contributed by atoms with E-state index in [1.54, 1.807) is 6.20 Å². The van der Waals surface area contributed by atoms with Gasteiger partial charge < -0.3 is 10.6 Å². The molecule has 0 aliphatic carbocycles. The van der Waals surface area contributed by atoms with Crippen LogP contribution in [0.4, 0.5) is 0 Å². The molecule has 0 unspecified atom stereocenters. The summed E-state index contributed by atoms with van der Waals surface area (Å²) >= 11 is 0. The molecule has 94 valence electrons. The van der Waals surface area contributed by atoms with Crippen LogP contribution in [-0.2, 0) is 0 Å². The number of hydrogen-bond acceptors (Lipinski definition) is 3. The summed E-state index contributed by atoms with van der Waals surface area (Å²) < 4.78 is 0. The minimum atomic E-state index is -0.0137. The van der Waals surface area contributed by atoms with E-state index in [2.05, 4.69) is 20.8 Å². The van der Waals surface area contributed by atoms with Gasteiger partial charge in [0, 0.05) is 23.5 Å². The summed E-state index contributed by atoms with van der Waals surface area (Å²) in [4.78, 5) is 12.1. The molecule has 0 radical (unpaired) electrons. The second-order valence-corrected chi connectivity index (χ2v) is 4.69. The van der Waals surface area contributed by atoms with Crippen molar-refractivity contribution in [3.8, 4) is 0 Å². The van der Waals surface area contributed by atoms with Gasteiger partial charge in [-0.15, -0.1) is 0 Å². The standard InChI is InChI=1S/C13H16N4O/c18-13(16-11-2-1-5-14-8-11)9-3-4-10-7-15-17-12(10)6-9/h3-4,6-7,11,14H,1-2,5,8H2,(H,15,17)(H,16,18)/t11-/m0/s1. The van der Waals surface area contributed by atoms with Crippen LogP contribution in [0.1, 0.15) is 23.2 Å². The van der Waals surface area contributed by atoms with E-state index in [1.807, 2.05) is 18.2 Å². The van der Waals surface area contributed by atoms with Crippen molar-refractivity contribution < 1.29 is 4.79 Å². The number of fused-ring (bicyclic) bond motifs is 1. The number of aromatic nitrogens is 2. The van der Waals surface area contributed by atoms with Crippen molar-refractivity contribution in [2.75, 3.05) is 13.1 Å². The Kier molecular flexibility index (Phi) is 2.98. The van der Waals surface area contributed by atoms with Crippen LogP contribution < -0.4 is 10.6 Å². The second kappa shape index (κ2) is 4.78. The van der Waals surface area contributed by atoms with Crippen LogP contribution in [0.25, 0.3) is 10.9 Å². The fourth-order valence-electron chi connectivity index (χ4n) is 2.32. The maximum Gasteiger partial charge on any atom is 0.251 e. The average Bonchev–Trinajstić information content (AvgIpc) is 2.87. The van der Waals surface area contributed by atoms with Crippen LogP contribution >= 0.6 is 0 Å². The molecule has 18 heavy (non-hydrogen) atoms. The third-order valence-electron chi connectivity index (χ3n) is 3.34. The van der Waals surface area contributed by atoms with Gasteiger partial charge in [0.15, 0.2) is 0 Å². The molecule has 0 bridgehead atoms. The minimum absolute atomic E-state index is 0.0137. The van der Waals surface area contributed by atoms with Crippen molar-refractivity contribution >= 4 is 16.8 Å². The van der Waals surface area contributed by atoms with Crippen molar-refractivity contribution in [3.05, 3.63) is 30.0 Å². The molecule has 1 saturated heterocycles. The highest BCUT2D eigenvalue weighted by molar-refractivity contribution is 5.97. The number of benzene rings is 1. The lowest BCUT2D eigenvalue weighted by atomic mass is 10.1. The van der Waals surface area contributed by atoms with E-state index in [9.17, 15) is 4.79 Å². The molecular weight excluding hydrogens is 228 g/mol. The smallest absolute Gasteiger partial charge is 0.251 e. The Labute approximate surface area is 105 Å². The molecule has 1 aromatic heterocycles. The van der Waals surface area contributed by atoms with E-state index in [1.165, 1.54) is 0 Å². The van der Waals surface area contributed by atoms with Gasteiger partial charge in [-0.2, -0.15) is 5.10 Å².